The number of hydrogen-bond donors (Lipinski definition) is 0. The summed E-state index contributed by atoms with van der Waals surface area (Å²) in [7, 11) is 0. The standard InChI is InChI=1S/C17H10FN3O5S/c18-12-5-3-11(4-6-12)15-19-20-17(26-15)27-14(16(22)23)9-10-1-7-13(8-2-10)21(24)25/h1-9H,(H,22,23)/p-1/b14-9+. The van der Waals surface area contributed by atoms with Crippen molar-refractivity contribution < 1.29 is 23.6 Å². The van der Waals surface area contributed by atoms with Gasteiger partial charge >= 0.3 is 0 Å². The molecule has 0 aliphatic carbocycles. The van der Waals surface area contributed by atoms with Crippen LogP contribution in [0.1, 0.15) is 5.56 Å². The van der Waals surface area contributed by atoms with Gasteiger partial charge in [0.05, 0.1) is 10.9 Å². The van der Waals surface area contributed by atoms with Crippen LogP contribution in [0.5, 0.6) is 0 Å². The molecule has 0 aliphatic rings. The highest BCUT2D eigenvalue weighted by Crippen LogP contribution is 2.29. The summed E-state index contributed by atoms with van der Waals surface area (Å²) in [6, 6.07) is 10.7. The van der Waals surface area contributed by atoms with Gasteiger partial charge < -0.3 is 14.3 Å². The Morgan fingerprint density at radius 2 is 1.78 bits per heavy atom. The summed E-state index contributed by atoms with van der Waals surface area (Å²) in [5.41, 5.74) is 0.784. The molecule has 0 unspecified atom stereocenters. The molecule has 2 aromatic carbocycles. The SMILES string of the molecule is O=C([O-])/C(=C\c1ccc([N+](=O)[O-])cc1)Sc1nnc(-c2ccc(F)cc2)o1. The van der Waals surface area contributed by atoms with Gasteiger partial charge in [-0.3, -0.25) is 10.1 Å². The first kappa shape index (κ1) is 18.3. The smallest absolute Gasteiger partial charge is 0.281 e. The first-order chi connectivity index (χ1) is 12.9. The fourth-order valence-corrected chi connectivity index (χ4v) is 2.70. The average molecular weight is 386 g/mol. The van der Waals surface area contributed by atoms with E-state index in [-0.39, 0.29) is 21.7 Å². The zero-order valence-corrected chi connectivity index (χ0v) is 14.2. The van der Waals surface area contributed by atoms with Crippen molar-refractivity contribution in [2.75, 3.05) is 0 Å². The number of benzene rings is 2. The zero-order chi connectivity index (χ0) is 19.4. The second-order valence-corrected chi connectivity index (χ2v) is 6.12. The number of nitro benzene ring substituents is 1. The van der Waals surface area contributed by atoms with E-state index < -0.39 is 16.7 Å². The molecule has 8 nitrogen and oxygen atoms in total. The first-order valence-electron chi connectivity index (χ1n) is 7.37. The topological polar surface area (TPSA) is 122 Å². The second kappa shape index (κ2) is 7.79. The van der Waals surface area contributed by atoms with Gasteiger partial charge in [-0.05, 0) is 59.8 Å². The maximum atomic E-state index is 13.0. The molecule has 27 heavy (non-hydrogen) atoms. The number of non-ortho nitro benzene ring substituents is 1. The molecule has 0 saturated heterocycles. The van der Waals surface area contributed by atoms with E-state index in [1.165, 1.54) is 54.6 Å². The molecule has 0 aliphatic heterocycles. The highest BCUT2D eigenvalue weighted by molar-refractivity contribution is 8.03. The summed E-state index contributed by atoms with van der Waals surface area (Å²) in [6.45, 7) is 0. The highest BCUT2D eigenvalue weighted by atomic mass is 32.2. The number of aromatic nitrogens is 2. The first-order valence-corrected chi connectivity index (χ1v) is 8.19. The van der Waals surface area contributed by atoms with E-state index in [4.69, 9.17) is 4.42 Å². The Morgan fingerprint density at radius 1 is 1.11 bits per heavy atom. The van der Waals surface area contributed by atoms with E-state index in [9.17, 15) is 24.4 Å². The van der Waals surface area contributed by atoms with Crippen molar-refractivity contribution in [2.24, 2.45) is 0 Å². The van der Waals surface area contributed by atoms with Crippen molar-refractivity contribution in [2.45, 2.75) is 5.22 Å². The van der Waals surface area contributed by atoms with Crippen molar-refractivity contribution in [3.05, 3.63) is 74.9 Å². The van der Waals surface area contributed by atoms with Crippen molar-refractivity contribution >= 4 is 29.5 Å². The number of nitro groups is 1. The fourth-order valence-electron chi connectivity index (χ4n) is 2.03. The van der Waals surface area contributed by atoms with Crippen LogP contribution in [0, 0.1) is 15.9 Å². The molecular weight excluding hydrogens is 377 g/mol. The number of thioether (sulfide) groups is 1. The van der Waals surface area contributed by atoms with Crippen LogP contribution in [0.15, 0.2) is 63.1 Å². The number of nitrogens with zero attached hydrogens (tertiary/aromatic N) is 3. The average Bonchev–Trinajstić information content (AvgIpc) is 3.10. The van der Waals surface area contributed by atoms with Crippen LogP contribution < -0.4 is 5.11 Å². The largest absolute Gasteiger partial charge is 0.544 e. The van der Waals surface area contributed by atoms with Crippen LogP contribution in [0.3, 0.4) is 0 Å². The molecule has 0 saturated carbocycles. The molecule has 0 radical (unpaired) electrons. The van der Waals surface area contributed by atoms with Crippen molar-refractivity contribution in [1.82, 2.24) is 10.2 Å². The summed E-state index contributed by atoms with van der Waals surface area (Å²) in [6.07, 6.45) is 1.27. The van der Waals surface area contributed by atoms with Gasteiger partial charge in [0.1, 0.15) is 5.82 Å². The summed E-state index contributed by atoms with van der Waals surface area (Å²) < 4.78 is 18.3. The van der Waals surface area contributed by atoms with Crippen LogP contribution in [0.4, 0.5) is 10.1 Å². The summed E-state index contributed by atoms with van der Waals surface area (Å²) in [5, 5.41) is 29.5. The third kappa shape index (κ3) is 4.55. The van der Waals surface area contributed by atoms with Gasteiger partial charge in [-0.2, -0.15) is 0 Å². The van der Waals surface area contributed by atoms with Gasteiger partial charge in [0.25, 0.3) is 10.9 Å². The van der Waals surface area contributed by atoms with Crippen LogP contribution in [0.25, 0.3) is 17.5 Å². The molecule has 10 heteroatoms. The third-order valence-corrected chi connectivity index (χ3v) is 4.14. The molecule has 0 N–H and O–H groups in total. The number of carboxylic acid groups (broad SMARTS) is 1. The van der Waals surface area contributed by atoms with Crippen LogP contribution >= 0.6 is 11.8 Å². The van der Waals surface area contributed by atoms with Gasteiger partial charge in [-0.1, -0.05) is 0 Å². The summed E-state index contributed by atoms with van der Waals surface area (Å²) >= 11 is 0.672. The Balaban J connectivity index is 1.81. The minimum Gasteiger partial charge on any atom is -0.544 e. The molecule has 0 bridgehead atoms. The van der Waals surface area contributed by atoms with E-state index in [2.05, 4.69) is 10.2 Å². The van der Waals surface area contributed by atoms with Crippen LogP contribution in [0.2, 0.25) is 0 Å². The van der Waals surface area contributed by atoms with Gasteiger partial charge in [0.2, 0.25) is 5.89 Å². The molecule has 1 aromatic heterocycles. The van der Waals surface area contributed by atoms with Gasteiger partial charge in [-0.25, -0.2) is 4.39 Å². The minimum absolute atomic E-state index is 0.0494. The molecule has 1 heterocycles. The summed E-state index contributed by atoms with van der Waals surface area (Å²) in [4.78, 5) is 21.2. The molecule has 3 aromatic rings. The molecule has 0 amide bonds. The number of aliphatic carboxylic acids is 1. The maximum Gasteiger partial charge on any atom is 0.281 e. The van der Waals surface area contributed by atoms with E-state index in [1.54, 1.807) is 0 Å². The van der Waals surface area contributed by atoms with Crippen molar-refractivity contribution in [3.8, 4) is 11.5 Å². The summed E-state index contributed by atoms with van der Waals surface area (Å²) in [5.74, 6) is -1.79. The van der Waals surface area contributed by atoms with E-state index in [0.717, 1.165) is 0 Å². The monoisotopic (exact) mass is 386 g/mol. The molecule has 136 valence electrons. The predicted molar refractivity (Wildman–Crippen MR) is 91.6 cm³/mol. The number of carbonyl (C=O) groups is 1. The number of halogens is 1. The molecule has 3 rings (SSSR count). The molecule has 0 fully saturated rings. The Bertz CT molecular complexity index is 1020. The lowest BCUT2D eigenvalue weighted by atomic mass is 10.2. The normalized spacial score (nSPS) is 11.4. The minimum atomic E-state index is -1.47. The number of carbonyl (C=O) groups excluding carboxylic acids is 1. The van der Waals surface area contributed by atoms with E-state index in [0.29, 0.717) is 22.9 Å². The highest BCUT2D eigenvalue weighted by Gasteiger charge is 2.13. The molecule has 0 spiro atoms. The predicted octanol–water partition coefficient (Wildman–Crippen LogP) is 2.67. The lowest BCUT2D eigenvalue weighted by molar-refractivity contribution is -0.384. The Hall–Kier alpha value is -3.53. The van der Waals surface area contributed by atoms with Crippen molar-refractivity contribution in [3.63, 3.8) is 0 Å². The number of rotatable bonds is 6. The van der Waals surface area contributed by atoms with Crippen LogP contribution in [-0.4, -0.2) is 21.1 Å². The number of carboxylic acids is 1. The van der Waals surface area contributed by atoms with Gasteiger partial charge in [0.15, 0.2) is 0 Å². The molecular formula is C17H9FN3O5S-. The Labute approximate surface area is 155 Å². The lowest BCUT2D eigenvalue weighted by Gasteiger charge is -2.05. The lowest BCUT2D eigenvalue weighted by Crippen LogP contribution is -2.23. The second-order valence-electron chi connectivity index (χ2n) is 5.13. The Kier molecular flexibility index (Phi) is 5.27. The van der Waals surface area contributed by atoms with E-state index in [1.807, 2.05) is 0 Å². The van der Waals surface area contributed by atoms with E-state index >= 15 is 0 Å². The van der Waals surface area contributed by atoms with Gasteiger partial charge in [-0.15, -0.1) is 10.2 Å². The third-order valence-electron chi connectivity index (χ3n) is 3.30. The van der Waals surface area contributed by atoms with Crippen molar-refractivity contribution in [1.29, 1.82) is 0 Å². The van der Waals surface area contributed by atoms with Crippen LogP contribution in [-0.2, 0) is 4.79 Å². The molecule has 0 atom stereocenters. The fraction of sp³-hybridized carbons (Fsp3) is 0. The van der Waals surface area contributed by atoms with Gasteiger partial charge in [0, 0.05) is 22.6 Å². The number of hydrogen-bond acceptors (Lipinski definition) is 8. The zero-order valence-electron chi connectivity index (χ0n) is 13.4. The Morgan fingerprint density at radius 3 is 2.37 bits per heavy atom. The quantitative estimate of drug-likeness (QED) is 0.274. The maximum absolute atomic E-state index is 13.0.